The number of benzene rings is 1. The molecule has 1 aliphatic rings. The second-order valence-electron chi connectivity index (χ2n) is 5.48. The quantitative estimate of drug-likeness (QED) is 0.916. The summed E-state index contributed by atoms with van der Waals surface area (Å²) in [5, 5.41) is 4.32. The Kier molecular flexibility index (Phi) is 3.22. The van der Waals surface area contributed by atoms with Crippen molar-refractivity contribution in [2.24, 2.45) is 5.73 Å². The van der Waals surface area contributed by atoms with Crippen LogP contribution < -0.4 is 10.5 Å². The molecule has 0 aliphatic carbocycles. The lowest BCUT2D eigenvalue weighted by Gasteiger charge is -2.29. The minimum atomic E-state index is -0.283. The summed E-state index contributed by atoms with van der Waals surface area (Å²) in [6.07, 6.45) is 4.29. The fraction of sp³-hybridized carbons (Fsp3) is 0.400. The van der Waals surface area contributed by atoms with Crippen LogP contribution in [0.15, 0.2) is 30.6 Å². The zero-order valence-corrected chi connectivity index (χ0v) is 11.6. The van der Waals surface area contributed by atoms with Crippen molar-refractivity contribution in [1.29, 1.82) is 0 Å². The normalized spacial score (nSPS) is 21.6. The second-order valence-corrected chi connectivity index (χ2v) is 5.48. The lowest BCUT2D eigenvalue weighted by Crippen LogP contribution is -2.24. The maximum absolute atomic E-state index is 13.3. The molecule has 20 heavy (non-hydrogen) atoms. The number of ether oxygens (including phenoxy) is 1. The topological polar surface area (TPSA) is 53.1 Å². The van der Waals surface area contributed by atoms with Crippen molar-refractivity contribution in [2.45, 2.75) is 38.5 Å². The van der Waals surface area contributed by atoms with Crippen LogP contribution >= 0.6 is 0 Å². The first kappa shape index (κ1) is 13.1. The molecule has 106 valence electrons. The van der Waals surface area contributed by atoms with Crippen molar-refractivity contribution < 1.29 is 9.13 Å². The third-order valence-corrected chi connectivity index (χ3v) is 3.63. The van der Waals surface area contributed by atoms with Gasteiger partial charge in [0, 0.05) is 35.8 Å². The first-order chi connectivity index (χ1) is 9.54. The van der Waals surface area contributed by atoms with Gasteiger partial charge in [-0.1, -0.05) is 0 Å². The maximum Gasteiger partial charge on any atom is 0.129 e. The molecule has 0 fully saturated rings. The Morgan fingerprint density at radius 1 is 1.45 bits per heavy atom. The summed E-state index contributed by atoms with van der Waals surface area (Å²) in [6.45, 7) is 4.14. The highest BCUT2D eigenvalue weighted by molar-refractivity contribution is 5.39. The number of rotatable bonds is 2. The first-order valence-electron chi connectivity index (χ1n) is 6.80. The minimum Gasteiger partial charge on any atom is -0.485 e. The summed E-state index contributed by atoms with van der Waals surface area (Å²) in [7, 11) is 0. The Balaban J connectivity index is 1.88. The second kappa shape index (κ2) is 4.90. The van der Waals surface area contributed by atoms with E-state index in [1.54, 1.807) is 6.07 Å². The van der Waals surface area contributed by atoms with Crippen molar-refractivity contribution in [3.63, 3.8) is 0 Å². The molecule has 1 unspecified atom stereocenters. The fourth-order valence-electron chi connectivity index (χ4n) is 2.48. The summed E-state index contributed by atoms with van der Waals surface area (Å²) in [4.78, 5) is 0. The molecule has 0 bridgehead atoms. The van der Waals surface area contributed by atoms with Crippen LogP contribution in [0.1, 0.15) is 49.6 Å². The van der Waals surface area contributed by atoms with Gasteiger partial charge in [-0.05, 0) is 32.0 Å². The van der Waals surface area contributed by atoms with Gasteiger partial charge in [0.25, 0.3) is 0 Å². The Hall–Kier alpha value is -1.88. The zero-order valence-electron chi connectivity index (χ0n) is 11.6. The third kappa shape index (κ3) is 2.29. The van der Waals surface area contributed by atoms with Crippen LogP contribution in [0.25, 0.3) is 0 Å². The molecule has 3 rings (SSSR count). The maximum atomic E-state index is 13.3. The van der Waals surface area contributed by atoms with Gasteiger partial charge in [-0.3, -0.25) is 4.68 Å². The van der Waals surface area contributed by atoms with Gasteiger partial charge in [-0.15, -0.1) is 0 Å². The lowest BCUT2D eigenvalue weighted by molar-refractivity contribution is 0.161. The van der Waals surface area contributed by atoms with Gasteiger partial charge in [-0.25, -0.2) is 4.39 Å². The van der Waals surface area contributed by atoms with Gasteiger partial charge in [0.2, 0.25) is 0 Å². The zero-order chi connectivity index (χ0) is 14.3. The van der Waals surface area contributed by atoms with Crippen LogP contribution in [-0.4, -0.2) is 9.78 Å². The minimum absolute atomic E-state index is 0.129. The molecule has 2 aromatic rings. The number of fused-ring (bicyclic) bond motifs is 1. The molecule has 2 N–H and O–H groups in total. The molecule has 4 nitrogen and oxygen atoms in total. The van der Waals surface area contributed by atoms with Gasteiger partial charge in [0.05, 0.1) is 6.20 Å². The van der Waals surface area contributed by atoms with Crippen LogP contribution in [0.4, 0.5) is 4.39 Å². The molecule has 1 aromatic heterocycles. The molecule has 0 saturated carbocycles. The number of halogens is 1. The highest BCUT2D eigenvalue weighted by atomic mass is 19.1. The Bertz CT molecular complexity index is 623. The Labute approximate surface area is 117 Å². The van der Waals surface area contributed by atoms with Crippen molar-refractivity contribution in [1.82, 2.24) is 9.78 Å². The summed E-state index contributed by atoms with van der Waals surface area (Å²) < 4.78 is 21.1. The van der Waals surface area contributed by atoms with E-state index in [9.17, 15) is 4.39 Å². The van der Waals surface area contributed by atoms with Gasteiger partial charge < -0.3 is 10.5 Å². The van der Waals surface area contributed by atoms with Gasteiger partial charge in [0.15, 0.2) is 0 Å². The number of aromatic nitrogens is 2. The highest BCUT2D eigenvalue weighted by Crippen LogP contribution is 2.39. The summed E-state index contributed by atoms with van der Waals surface area (Å²) >= 11 is 0. The van der Waals surface area contributed by atoms with E-state index in [1.807, 2.05) is 17.1 Å². The average molecular weight is 275 g/mol. The van der Waals surface area contributed by atoms with E-state index in [4.69, 9.17) is 10.5 Å². The van der Waals surface area contributed by atoms with Crippen molar-refractivity contribution >= 4 is 0 Å². The fourth-order valence-corrected chi connectivity index (χ4v) is 2.48. The van der Waals surface area contributed by atoms with Gasteiger partial charge in [0.1, 0.15) is 17.7 Å². The van der Waals surface area contributed by atoms with Crippen molar-refractivity contribution in [3.8, 4) is 5.75 Å². The van der Waals surface area contributed by atoms with E-state index in [2.05, 4.69) is 18.9 Å². The number of hydrogen-bond acceptors (Lipinski definition) is 3. The molecular weight excluding hydrogens is 257 g/mol. The van der Waals surface area contributed by atoms with E-state index in [0.29, 0.717) is 18.2 Å². The molecule has 2 heterocycles. The molecule has 1 aromatic carbocycles. The van der Waals surface area contributed by atoms with E-state index in [-0.39, 0.29) is 18.0 Å². The molecule has 5 heteroatoms. The molecular formula is C15H18FN3O. The molecule has 2 atom stereocenters. The van der Waals surface area contributed by atoms with Crippen LogP contribution in [0, 0.1) is 5.82 Å². The van der Waals surface area contributed by atoms with Crippen molar-refractivity contribution in [2.75, 3.05) is 0 Å². The van der Waals surface area contributed by atoms with Crippen molar-refractivity contribution in [3.05, 3.63) is 47.5 Å². The lowest BCUT2D eigenvalue weighted by atomic mass is 9.95. The highest BCUT2D eigenvalue weighted by Gasteiger charge is 2.28. The summed E-state index contributed by atoms with van der Waals surface area (Å²) in [6, 6.07) is 4.58. The van der Waals surface area contributed by atoms with E-state index >= 15 is 0 Å². The molecule has 0 spiro atoms. The summed E-state index contributed by atoms with van der Waals surface area (Å²) in [5.74, 6) is 0.376. The smallest absolute Gasteiger partial charge is 0.129 e. The Morgan fingerprint density at radius 3 is 2.95 bits per heavy atom. The number of hydrogen-bond donors (Lipinski definition) is 1. The third-order valence-electron chi connectivity index (χ3n) is 3.63. The van der Waals surface area contributed by atoms with Crippen LogP contribution in [-0.2, 0) is 0 Å². The predicted octanol–water partition coefficient (Wildman–Crippen LogP) is 3.13. The SMILES string of the molecule is CC(C)n1cc(C2C[C@H](N)c3cc(F)ccc3O2)cn1. The number of nitrogens with zero attached hydrogens (tertiary/aromatic N) is 2. The molecule has 1 aliphatic heterocycles. The van der Waals surface area contributed by atoms with Crippen LogP contribution in [0.2, 0.25) is 0 Å². The monoisotopic (exact) mass is 275 g/mol. The predicted molar refractivity (Wildman–Crippen MR) is 73.9 cm³/mol. The standard InChI is InChI=1S/C15H18FN3O/c1-9(2)19-8-10(7-18-19)15-6-13(17)12-5-11(16)3-4-14(12)20-15/h3-5,7-9,13,15H,6,17H2,1-2H3/t13-,15?/m0/s1. The van der Waals surface area contributed by atoms with E-state index < -0.39 is 0 Å². The Morgan fingerprint density at radius 2 is 2.25 bits per heavy atom. The molecule has 0 saturated heterocycles. The van der Waals surface area contributed by atoms with Crippen LogP contribution in [0.5, 0.6) is 5.75 Å². The van der Waals surface area contributed by atoms with Gasteiger partial charge in [-0.2, -0.15) is 5.10 Å². The van der Waals surface area contributed by atoms with Crippen LogP contribution in [0.3, 0.4) is 0 Å². The first-order valence-corrected chi connectivity index (χ1v) is 6.80. The average Bonchev–Trinajstić information content (AvgIpc) is 2.89. The van der Waals surface area contributed by atoms with E-state index in [0.717, 1.165) is 11.1 Å². The molecule has 0 radical (unpaired) electrons. The van der Waals surface area contributed by atoms with Gasteiger partial charge >= 0.3 is 0 Å². The summed E-state index contributed by atoms with van der Waals surface area (Å²) in [5.41, 5.74) is 7.87. The molecule has 0 amide bonds. The number of nitrogens with two attached hydrogens (primary N) is 1. The largest absolute Gasteiger partial charge is 0.485 e. The van der Waals surface area contributed by atoms with E-state index in [1.165, 1.54) is 12.1 Å².